The van der Waals surface area contributed by atoms with E-state index in [0.29, 0.717) is 12.1 Å². The van der Waals surface area contributed by atoms with E-state index in [1.165, 1.54) is 18.4 Å². The lowest BCUT2D eigenvalue weighted by atomic mass is 10.0. The second kappa shape index (κ2) is 7.81. The molecule has 2 unspecified atom stereocenters. The molecule has 118 valence electrons. The number of nitrogens with zero attached hydrogens (tertiary/aromatic N) is 1. The molecule has 0 aromatic heterocycles. The van der Waals surface area contributed by atoms with Gasteiger partial charge in [-0.25, -0.2) is 0 Å². The summed E-state index contributed by atoms with van der Waals surface area (Å²) in [5.74, 6) is 1.89. The third-order valence-corrected chi connectivity index (χ3v) is 4.63. The van der Waals surface area contributed by atoms with E-state index in [0.717, 1.165) is 31.2 Å². The second-order valence-electron chi connectivity index (χ2n) is 6.27. The molecule has 1 aromatic carbocycles. The summed E-state index contributed by atoms with van der Waals surface area (Å²) in [5, 5.41) is 3.68. The average molecular weight is 290 g/mol. The van der Waals surface area contributed by atoms with Gasteiger partial charge in [0.1, 0.15) is 5.75 Å². The van der Waals surface area contributed by atoms with Gasteiger partial charge in [0.2, 0.25) is 0 Å². The first-order valence-electron chi connectivity index (χ1n) is 8.23. The van der Waals surface area contributed by atoms with Crippen molar-refractivity contribution in [1.82, 2.24) is 10.2 Å². The molecule has 21 heavy (non-hydrogen) atoms. The molecule has 1 aliphatic rings. The zero-order valence-corrected chi connectivity index (χ0v) is 13.9. The molecule has 0 amide bonds. The van der Waals surface area contributed by atoms with Crippen LogP contribution in [0.5, 0.6) is 5.75 Å². The van der Waals surface area contributed by atoms with Gasteiger partial charge < -0.3 is 15.0 Å². The Balaban J connectivity index is 2.09. The van der Waals surface area contributed by atoms with Gasteiger partial charge in [0.25, 0.3) is 0 Å². The Kier molecular flexibility index (Phi) is 6.07. The Hall–Kier alpha value is -1.06. The predicted molar refractivity (Wildman–Crippen MR) is 88.8 cm³/mol. The molecular formula is C18H30N2O. The normalized spacial score (nSPS) is 17.8. The molecule has 0 heterocycles. The minimum absolute atomic E-state index is 0.326. The zero-order valence-electron chi connectivity index (χ0n) is 13.9. The lowest BCUT2D eigenvalue weighted by molar-refractivity contribution is 0.208. The van der Waals surface area contributed by atoms with Gasteiger partial charge >= 0.3 is 0 Å². The molecule has 1 aliphatic carbocycles. The lowest BCUT2D eigenvalue weighted by Crippen LogP contribution is -2.39. The van der Waals surface area contributed by atoms with Crippen LogP contribution in [-0.4, -0.2) is 38.2 Å². The minimum Gasteiger partial charge on any atom is -0.496 e. The Bertz CT molecular complexity index is 431. The fourth-order valence-electron chi connectivity index (χ4n) is 2.94. The Morgan fingerprint density at radius 3 is 2.67 bits per heavy atom. The number of hydrogen-bond acceptors (Lipinski definition) is 3. The molecule has 0 aliphatic heterocycles. The number of nitrogens with one attached hydrogen (secondary N) is 1. The third kappa shape index (κ3) is 4.45. The van der Waals surface area contributed by atoms with Crippen LogP contribution in [0.15, 0.2) is 24.3 Å². The van der Waals surface area contributed by atoms with Crippen LogP contribution in [0.3, 0.4) is 0 Å². The fourth-order valence-corrected chi connectivity index (χ4v) is 2.94. The van der Waals surface area contributed by atoms with E-state index in [1.54, 1.807) is 7.11 Å². The molecule has 0 bridgehead atoms. The van der Waals surface area contributed by atoms with Crippen LogP contribution >= 0.6 is 0 Å². The molecule has 3 nitrogen and oxygen atoms in total. The topological polar surface area (TPSA) is 24.5 Å². The first-order valence-corrected chi connectivity index (χ1v) is 8.23. The number of likely N-dealkylation sites (N-methyl/N-ethyl adjacent to an activating group) is 1. The number of ether oxygens (including phenoxy) is 1. The van der Waals surface area contributed by atoms with Crippen LogP contribution in [0.1, 0.15) is 44.7 Å². The third-order valence-electron chi connectivity index (χ3n) is 4.63. The van der Waals surface area contributed by atoms with Gasteiger partial charge in [0.15, 0.2) is 0 Å². The van der Waals surface area contributed by atoms with Gasteiger partial charge in [-0.1, -0.05) is 25.1 Å². The second-order valence-corrected chi connectivity index (χ2v) is 6.27. The molecule has 1 saturated carbocycles. The minimum atomic E-state index is 0.326. The monoisotopic (exact) mass is 290 g/mol. The summed E-state index contributed by atoms with van der Waals surface area (Å²) in [7, 11) is 4.01. The van der Waals surface area contributed by atoms with E-state index < -0.39 is 0 Å². The van der Waals surface area contributed by atoms with E-state index in [2.05, 4.69) is 49.3 Å². The zero-order chi connectivity index (χ0) is 15.2. The van der Waals surface area contributed by atoms with Gasteiger partial charge in [0.05, 0.1) is 7.11 Å². The van der Waals surface area contributed by atoms with Crippen LogP contribution in [0.2, 0.25) is 0 Å². The number of para-hydroxylation sites is 1. The summed E-state index contributed by atoms with van der Waals surface area (Å²) >= 11 is 0. The SMILES string of the molecule is CCCNC(CN(C)C(C)C1CC1)c1ccccc1OC. The molecule has 1 fully saturated rings. The fraction of sp³-hybridized carbons (Fsp3) is 0.667. The maximum Gasteiger partial charge on any atom is 0.123 e. The molecule has 0 radical (unpaired) electrons. The van der Waals surface area contributed by atoms with E-state index in [1.807, 2.05) is 6.07 Å². The maximum atomic E-state index is 5.55. The van der Waals surface area contributed by atoms with Crippen molar-refractivity contribution in [3.63, 3.8) is 0 Å². The van der Waals surface area contributed by atoms with E-state index in [4.69, 9.17) is 4.74 Å². The molecule has 3 heteroatoms. The molecular weight excluding hydrogens is 260 g/mol. The van der Waals surface area contributed by atoms with Crippen molar-refractivity contribution in [1.29, 1.82) is 0 Å². The smallest absolute Gasteiger partial charge is 0.123 e. The Morgan fingerprint density at radius 2 is 2.05 bits per heavy atom. The Morgan fingerprint density at radius 1 is 1.33 bits per heavy atom. The summed E-state index contributed by atoms with van der Waals surface area (Å²) in [4.78, 5) is 2.50. The average Bonchev–Trinajstić information content (AvgIpc) is 3.35. The molecule has 0 saturated heterocycles. The van der Waals surface area contributed by atoms with Crippen molar-refractivity contribution in [3.05, 3.63) is 29.8 Å². The first-order chi connectivity index (χ1) is 10.2. The van der Waals surface area contributed by atoms with Crippen molar-refractivity contribution < 1.29 is 4.74 Å². The van der Waals surface area contributed by atoms with Crippen molar-refractivity contribution in [2.24, 2.45) is 5.92 Å². The van der Waals surface area contributed by atoms with Crippen LogP contribution in [0.4, 0.5) is 0 Å². The van der Waals surface area contributed by atoms with Crippen LogP contribution in [0, 0.1) is 5.92 Å². The van der Waals surface area contributed by atoms with Crippen LogP contribution < -0.4 is 10.1 Å². The highest BCUT2D eigenvalue weighted by Gasteiger charge is 2.31. The number of hydrogen-bond donors (Lipinski definition) is 1. The lowest BCUT2D eigenvalue weighted by Gasteiger charge is -2.30. The van der Waals surface area contributed by atoms with Crippen molar-refractivity contribution >= 4 is 0 Å². The summed E-state index contributed by atoms with van der Waals surface area (Å²) in [6, 6.07) is 9.37. The molecule has 1 aromatic rings. The highest BCUT2D eigenvalue weighted by molar-refractivity contribution is 5.36. The van der Waals surface area contributed by atoms with Crippen molar-refractivity contribution in [2.45, 2.75) is 45.2 Å². The highest BCUT2D eigenvalue weighted by atomic mass is 16.5. The first kappa shape index (κ1) is 16.3. The van der Waals surface area contributed by atoms with Gasteiger partial charge in [-0.2, -0.15) is 0 Å². The molecule has 0 spiro atoms. The van der Waals surface area contributed by atoms with Gasteiger partial charge in [-0.05, 0) is 51.8 Å². The number of rotatable bonds is 9. The van der Waals surface area contributed by atoms with Crippen molar-refractivity contribution in [2.75, 3.05) is 27.2 Å². The van der Waals surface area contributed by atoms with Crippen LogP contribution in [0.25, 0.3) is 0 Å². The highest BCUT2D eigenvalue weighted by Crippen LogP contribution is 2.35. The van der Waals surface area contributed by atoms with Gasteiger partial charge in [-0.15, -0.1) is 0 Å². The predicted octanol–water partition coefficient (Wildman–Crippen LogP) is 3.47. The standard InChI is InChI=1S/C18H30N2O/c1-5-12-19-17(13-20(3)14(2)15-10-11-15)16-8-6-7-9-18(16)21-4/h6-9,14-15,17,19H,5,10-13H2,1-4H3. The van der Waals surface area contributed by atoms with E-state index >= 15 is 0 Å². The van der Waals surface area contributed by atoms with Crippen molar-refractivity contribution in [3.8, 4) is 5.75 Å². The molecule has 2 rings (SSSR count). The van der Waals surface area contributed by atoms with Gasteiger partial charge in [-0.3, -0.25) is 0 Å². The molecule has 1 N–H and O–H groups in total. The summed E-state index contributed by atoms with van der Waals surface area (Å²) in [6.07, 6.45) is 3.94. The Labute approximate surface area is 129 Å². The van der Waals surface area contributed by atoms with Crippen LogP contribution in [-0.2, 0) is 0 Å². The maximum absolute atomic E-state index is 5.55. The quantitative estimate of drug-likeness (QED) is 0.753. The largest absolute Gasteiger partial charge is 0.496 e. The summed E-state index contributed by atoms with van der Waals surface area (Å²) in [5.41, 5.74) is 1.27. The van der Waals surface area contributed by atoms with Gasteiger partial charge in [0, 0.05) is 24.2 Å². The number of methoxy groups -OCH3 is 1. The van der Waals surface area contributed by atoms with E-state index in [-0.39, 0.29) is 0 Å². The number of benzene rings is 1. The summed E-state index contributed by atoms with van der Waals surface area (Å²) < 4.78 is 5.55. The summed E-state index contributed by atoms with van der Waals surface area (Å²) in [6.45, 7) is 6.63. The molecule has 2 atom stereocenters. The van der Waals surface area contributed by atoms with E-state index in [9.17, 15) is 0 Å².